The number of hydrogen-bond donors (Lipinski definition) is 0. The normalized spacial score (nSPS) is 17.8. The van der Waals surface area contributed by atoms with Crippen LogP contribution in [0.5, 0.6) is 0 Å². The molecule has 0 aromatic heterocycles. The minimum absolute atomic E-state index is 0.0168. The Kier molecular flexibility index (Phi) is 9.30. The van der Waals surface area contributed by atoms with E-state index >= 15 is 0 Å². The number of hydrogen-bond acceptors (Lipinski definition) is 8. The number of nitrogens with zero attached hydrogens (tertiary/aromatic N) is 1. The van der Waals surface area contributed by atoms with Crippen LogP contribution < -0.4 is 5.46 Å². The lowest BCUT2D eigenvalue weighted by Crippen LogP contribution is -2.54. The van der Waals surface area contributed by atoms with Gasteiger partial charge in [0, 0.05) is 6.42 Å². The third-order valence-corrected chi connectivity index (χ3v) is 6.11. The van der Waals surface area contributed by atoms with Gasteiger partial charge in [-0.15, -0.1) is 0 Å². The summed E-state index contributed by atoms with van der Waals surface area (Å²) in [5.41, 5.74) is -2.17. The van der Waals surface area contributed by atoms with Gasteiger partial charge in [-0.3, -0.25) is 0 Å². The molecule has 0 bridgehead atoms. The van der Waals surface area contributed by atoms with Gasteiger partial charge in [-0.1, -0.05) is 24.3 Å². The van der Waals surface area contributed by atoms with Crippen LogP contribution in [0.25, 0.3) is 0 Å². The van der Waals surface area contributed by atoms with Gasteiger partial charge in [-0.25, -0.2) is 14.4 Å². The molecule has 1 aliphatic heterocycles. The van der Waals surface area contributed by atoms with Gasteiger partial charge in [0.1, 0.15) is 22.8 Å². The highest BCUT2D eigenvalue weighted by atomic mass is 16.7. The van der Waals surface area contributed by atoms with Crippen LogP contribution in [-0.2, 0) is 34.7 Å². The number of esters is 1. The van der Waals surface area contributed by atoms with E-state index in [1.165, 1.54) is 0 Å². The zero-order valence-corrected chi connectivity index (χ0v) is 25.9. The van der Waals surface area contributed by atoms with Crippen molar-refractivity contribution in [2.75, 3.05) is 0 Å². The molecule has 10 heteroatoms. The molecule has 1 aromatic carbocycles. The Balaban J connectivity index is 2.45. The van der Waals surface area contributed by atoms with Crippen molar-refractivity contribution in [3.63, 3.8) is 0 Å². The molecule has 1 aromatic rings. The summed E-state index contributed by atoms with van der Waals surface area (Å²) < 4.78 is 28.9. The smallest absolute Gasteiger partial charge is 0.458 e. The Hall–Kier alpha value is -2.59. The van der Waals surface area contributed by atoms with Gasteiger partial charge in [0.15, 0.2) is 0 Å². The molecular weight excluding hydrogens is 501 g/mol. The van der Waals surface area contributed by atoms with Crippen LogP contribution in [-0.4, -0.2) is 64.2 Å². The van der Waals surface area contributed by atoms with Gasteiger partial charge < -0.3 is 23.5 Å². The molecular formula is C29H46BNO8. The molecule has 1 saturated heterocycles. The average Bonchev–Trinajstić information content (AvgIpc) is 2.91. The first-order chi connectivity index (χ1) is 17.4. The summed E-state index contributed by atoms with van der Waals surface area (Å²) in [5, 5.41) is 0. The maximum atomic E-state index is 13.4. The lowest BCUT2D eigenvalue weighted by molar-refractivity contribution is -0.161. The van der Waals surface area contributed by atoms with Gasteiger partial charge in [0.2, 0.25) is 0 Å². The number of carbonyl (C=O) groups excluding carboxylic acids is 3. The second-order valence-electron chi connectivity index (χ2n) is 13.9. The number of benzene rings is 1. The molecule has 9 nitrogen and oxygen atoms in total. The molecule has 0 aliphatic carbocycles. The minimum Gasteiger partial charge on any atom is -0.458 e. The molecule has 1 fully saturated rings. The van der Waals surface area contributed by atoms with Gasteiger partial charge >= 0.3 is 25.3 Å². The average molecular weight is 547 g/mol. The summed E-state index contributed by atoms with van der Waals surface area (Å²) >= 11 is 0. The first-order valence-corrected chi connectivity index (χ1v) is 13.3. The van der Waals surface area contributed by atoms with Crippen LogP contribution in [0, 0.1) is 0 Å². The molecule has 1 aliphatic rings. The van der Waals surface area contributed by atoms with E-state index in [0.29, 0.717) is 10.5 Å². The Morgan fingerprint density at radius 1 is 0.744 bits per heavy atom. The van der Waals surface area contributed by atoms with E-state index in [1.54, 1.807) is 74.4 Å². The van der Waals surface area contributed by atoms with E-state index in [4.69, 9.17) is 23.5 Å². The van der Waals surface area contributed by atoms with Crippen LogP contribution in [0.4, 0.5) is 9.59 Å². The van der Waals surface area contributed by atoms with Crippen molar-refractivity contribution < 1.29 is 37.9 Å². The Morgan fingerprint density at radius 3 is 1.49 bits per heavy atom. The molecule has 0 unspecified atom stereocenters. The first kappa shape index (κ1) is 32.6. The highest BCUT2D eigenvalue weighted by molar-refractivity contribution is 6.62. The third-order valence-electron chi connectivity index (χ3n) is 6.11. The van der Waals surface area contributed by atoms with Crippen molar-refractivity contribution >= 4 is 30.7 Å². The van der Waals surface area contributed by atoms with E-state index in [1.807, 2.05) is 39.8 Å². The zero-order valence-electron chi connectivity index (χ0n) is 25.9. The number of rotatable bonds is 5. The van der Waals surface area contributed by atoms with E-state index in [2.05, 4.69) is 0 Å². The van der Waals surface area contributed by atoms with Gasteiger partial charge in [-0.2, -0.15) is 4.90 Å². The van der Waals surface area contributed by atoms with Crippen LogP contribution in [0.3, 0.4) is 0 Å². The van der Waals surface area contributed by atoms with Crippen LogP contribution in [0.15, 0.2) is 24.3 Å². The van der Waals surface area contributed by atoms with Crippen molar-refractivity contribution in [1.29, 1.82) is 0 Å². The maximum absolute atomic E-state index is 13.4. The Bertz CT molecular complexity index is 1000. The molecule has 0 radical (unpaired) electrons. The number of imide groups is 1. The Labute approximate surface area is 234 Å². The van der Waals surface area contributed by atoms with Gasteiger partial charge in [-0.05, 0) is 101 Å². The summed E-state index contributed by atoms with van der Waals surface area (Å²) in [4.78, 5) is 40.8. The summed E-state index contributed by atoms with van der Waals surface area (Å²) in [7, 11) is -0.550. The number of carbonyl (C=O) groups is 3. The molecule has 218 valence electrons. The topological polar surface area (TPSA) is 101 Å². The maximum Gasteiger partial charge on any atom is 0.494 e. The van der Waals surface area contributed by atoms with E-state index in [0.717, 1.165) is 5.46 Å². The second-order valence-corrected chi connectivity index (χ2v) is 13.9. The quantitative estimate of drug-likeness (QED) is 0.274. The van der Waals surface area contributed by atoms with Crippen molar-refractivity contribution in [3.05, 3.63) is 29.8 Å². The molecule has 39 heavy (non-hydrogen) atoms. The highest BCUT2D eigenvalue weighted by Crippen LogP contribution is 2.36. The van der Waals surface area contributed by atoms with Gasteiger partial charge in [0.05, 0.1) is 11.2 Å². The van der Waals surface area contributed by atoms with Gasteiger partial charge in [0.25, 0.3) is 0 Å². The summed E-state index contributed by atoms with van der Waals surface area (Å²) in [6, 6.07) is 5.96. The minimum atomic E-state index is -1.34. The van der Waals surface area contributed by atoms with Crippen LogP contribution in [0.2, 0.25) is 0 Å². The SMILES string of the molecule is CC(C)(C)OC(=O)[C@@H](Cc1ccc(B2OC(C)(C)C(C)(C)O2)cc1)N(C(=O)OC(C)(C)C)C(=O)OC(C)(C)C. The fourth-order valence-electron chi connectivity index (χ4n) is 3.61. The van der Waals surface area contributed by atoms with Crippen molar-refractivity contribution in [1.82, 2.24) is 4.90 Å². The van der Waals surface area contributed by atoms with Crippen LogP contribution in [0.1, 0.15) is 95.6 Å². The molecule has 0 spiro atoms. The lowest BCUT2D eigenvalue weighted by Gasteiger charge is -2.33. The molecule has 2 rings (SSSR count). The van der Waals surface area contributed by atoms with E-state index < -0.39 is 59.3 Å². The molecule has 1 atom stereocenters. The third kappa shape index (κ3) is 9.24. The largest absolute Gasteiger partial charge is 0.494 e. The van der Waals surface area contributed by atoms with Crippen molar-refractivity contribution in [2.45, 2.75) is 130 Å². The number of ether oxygens (including phenoxy) is 3. The molecule has 0 N–H and O–H groups in total. The fourth-order valence-corrected chi connectivity index (χ4v) is 3.61. The summed E-state index contributed by atoms with van der Waals surface area (Å²) in [6.45, 7) is 23.1. The Morgan fingerprint density at radius 2 is 1.13 bits per heavy atom. The lowest BCUT2D eigenvalue weighted by atomic mass is 9.78. The predicted molar refractivity (Wildman–Crippen MR) is 150 cm³/mol. The molecule has 1 heterocycles. The second kappa shape index (κ2) is 11.1. The number of amides is 2. The van der Waals surface area contributed by atoms with E-state index in [-0.39, 0.29) is 6.42 Å². The van der Waals surface area contributed by atoms with E-state index in [9.17, 15) is 14.4 Å². The predicted octanol–water partition coefficient (Wildman–Crippen LogP) is 5.41. The monoisotopic (exact) mass is 547 g/mol. The summed E-state index contributed by atoms with van der Waals surface area (Å²) in [6.07, 6.45) is -2.01. The van der Waals surface area contributed by atoms with Crippen molar-refractivity contribution in [2.24, 2.45) is 0 Å². The zero-order chi connectivity index (χ0) is 30.2. The first-order valence-electron chi connectivity index (χ1n) is 13.3. The highest BCUT2D eigenvalue weighted by Gasteiger charge is 2.51. The molecule has 2 amide bonds. The molecule has 0 saturated carbocycles. The van der Waals surface area contributed by atoms with Crippen LogP contribution >= 0.6 is 0 Å². The van der Waals surface area contributed by atoms with Crippen molar-refractivity contribution in [3.8, 4) is 0 Å². The summed E-state index contributed by atoms with van der Waals surface area (Å²) in [5.74, 6) is -0.755. The standard InChI is InChI=1S/C29H46BNO8/c1-25(2,3)35-22(32)21(31(23(33)36-26(4,5)6)24(34)37-27(7,8)9)18-19-14-16-20(17-15-19)30-38-28(10,11)29(12,13)39-30/h14-17,21H,18H2,1-13H3/t21-/m1/s1. The fraction of sp³-hybridized carbons (Fsp3) is 0.690.